The van der Waals surface area contributed by atoms with E-state index in [4.69, 9.17) is 4.42 Å². The van der Waals surface area contributed by atoms with Crippen molar-refractivity contribution >= 4 is 5.96 Å². The molecule has 6 heteroatoms. The highest BCUT2D eigenvalue weighted by Gasteiger charge is 2.26. The Balaban J connectivity index is 1.46. The molecule has 0 amide bonds. The predicted octanol–water partition coefficient (Wildman–Crippen LogP) is 2.31. The fourth-order valence-electron chi connectivity index (χ4n) is 4.20. The van der Waals surface area contributed by atoms with Gasteiger partial charge in [0, 0.05) is 26.7 Å². The van der Waals surface area contributed by atoms with Crippen molar-refractivity contribution in [2.45, 2.75) is 38.6 Å². The van der Waals surface area contributed by atoms with Crippen LogP contribution in [0.3, 0.4) is 0 Å². The highest BCUT2D eigenvalue weighted by atomic mass is 16.3. The van der Waals surface area contributed by atoms with E-state index in [1.807, 2.05) is 13.1 Å². The molecule has 0 radical (unpaired) electrons. The van der Waals surface area contributed by atoms with Crippen molar-refractivity contribution in [1.29, 1.82) is 0 Å². The molecule has 2 aliphatic heterocycles. The van der Waals surface area contributed by atoms with E-state index in [-0.39, 0.29) is 6.04 Å². The Morgan fingerprint density at radius 1 is 1.31 bits per heavy atom. The van der Waals surface area contributed by atoms with Crippen molar-refractivity contribution in [3.05, 3.63) is 24.2 Å². The Morgan fingerprint density at radius 2 is 2.15 bits per heavy atom. The van der Waals surface area contributed by atoms with Crippen LogP contribution in [0.15, 0.2) is 27.8 Å². The predicted molar refractivity (Wildman–Crippen MR) is 106 cm³/mol. The van der Waals surface area contributed by atoms with E-state index < -0.39 is 0 Å². The summed E-state index contributed by atoms with van der Waals surface area (Å²) >= 11 is 0. The molecule has 2 saturated heterocycles. The van der Waals surface area contributed by atoms with E-state index in [0.717, 1.165) is 43.8 Å². The maximum absolute atomic E-state index is 5.70. The second-order valence-corrected chi connectivity index (χ2v) is 7.56. The zero-order valence-corrected chi connectivity index (χ0v) is 16.4. The molecule has 0 saturated carbocycles. The van der Waals surface area contributed by atoms with Gasteiger partial charge in [0.05, 0.1) is 12.3 Å². The SMILES string of the molecule is CCCN1CCC(CNC(=NC)NCC(c2ccco2)N2CCCC2)C1. The fourth-order valence-corrected chi connectivity index (χ4v) is 4.20. The van der Waals surface area contributed by atoms with Gasteiger partial charge in [-0.2, -0.15) is 0 Å². The summed E-state index contributed by atoms with van der Waals surface area (Å²) in [6, 6.07) is 4.34. The summed E-state index contributed by atoms with van der Waals surface area (Å²) < 4.78 is 5.70. The molecule has 0 aromatic carbocycles. The number of likely N-dealkylation sites (tertiary alicyclic amines) is 2. The van der Waals surface area contributed by atoms with Crippen LogP contribution in [0.4, 0.5) is 0 Å². The topological polar surface area (TPSA) is 56.0 Å². The van der Waals surface area contributed by atoms with E-state index in [1.54, 1.807) is 6.26 Å². The van der Waals surface area contributed by atoms with E-state index in [2.05, 4.69) is 38.4 Å². The smallest absolute Gasteiger partial charge is 0.191 e. The third-order valence-corrected chi connectivity index (χ3v) is 5.61. The number of aliphatic imine (C=N–C) groups is 1. The average Bonchev–Trinajstić information content (AvgIpc) is 3.41. The summed E-state index contributed by atoms with van der Waals surface area (Å²) in [5, 5.41) is 7.05. The van der Waals surface area contributed by atoms with Crippen molar-refractivity contribution in [1.82, 2.24) is 20.4 Å². The Hall–Kier alpha value is -1.53. The zero-order valence-electron chi connectivity index (χ0n) is 16.4. The van der Waals surface area contributed by atoms with Gasteiger partial charge in [0.2, 0.25) is 0 Å². The molecule has 1 aromatic rings. The van der Waals surface area contributed by atoms with Crippen LogP contribution in [0.1, 0.15) is 44.4 Å². The Kier molecular flexibility index (Phi) is 7.38. The van der Waals surface area contributed by atoms with Gasteiger partial charge in [-0.25, -0.2) is 0 Å². The number of rotatable bonds is 8. The first-order chi connectivity index (χ1) is 12.8. The molecule has 0 aliphatic carbocycles. The van der Waals surface area contributed by atoms with Gasteiger partial charge in [0.1, 0.15) is 5.76 Å². The van der Waals surface area contributed by atoms with Crippen molar-refractivity contribution in [3.63, 3.8) is 0 Å². The standard InChI is InChI=1S/C20H35N5O/c1-3-9-24-12-8-17(16-24)14-22-20(21-2)23-15-18(19-7-6-13-26-19)25-10-4-5-11-25/h6-7,13,17-18H,3-5,8-12,14-16H2,1-2H3,(H2,21,22,23). The first kappa shape index (κ1) is 19.2. The lowest BCUT2D eigenvalue weighted by Crippen LogP contribution is -2.44. The third kappa shape index (κ3) is 5.24. The Bertz CT molecular complexity index is 538. The average molecular weight is 362 g/mol. The molecule has 2 fully saturated rings. The van der Waals surface area contributed by atoms with Gasteiger partial charge in [0.15, 0.2) is 5.96 Å². The van der Waals surface area contributed by atoms with Gasteiger partial charge in [-0.05, 0) is 69.9 Å². The molecular formula is C20H35N5O. The minimum absolute atomic E-state index is 0.276. The summed E-state index contributed by atoms with van der Waals surface area (Å²) in [6.45, 7) is 10.0. The van der Waals surface area contributed by atoms with Gasteiger partial charge in [-0.15, -0.1) is 0 Å². The number of hydrogen-bond donors (Lipinski definition) is 2. The zero-order chi connectivity index (χ0) is 18.2. The summed E-state index contributed by atoms with van der Waals surface area (Å²) in [5.41, 5.74) is 0. The van der Waals surface area contributed by atoms with Crippen LogP contribution in [0.2, 0.25) is 0 Å². The van der Waals surface area contributed by atoms with Gasteiger partial charge < -0.3 is 20.0 Å². The molecule has 2 atom stereocenters. The van der Waals surface area contributed by atoms with Crippen molar-refractivity contribution in [2.75, 3.05) is 52.9 Å². The molecule has 146 valence electrons. The maximum Gasteiger partial charge on any atom is 0.191 e. The minimum atomic E-state index is 0.276. The number of guanidine groups is 1. The van der Waals surface area contributed by atoms with E-state index in [0.29, 0.717) is 0 Å². The second-order valence-electron chi connectivity index (χ2n) is 7.56. The fraction of sp³-hybridized carbons (Fsp3) is 0.750. The number of nitrogens with zero attached hydrogens (tertiary/aromatic N) is 3. The normalized spacial score (nSPS) is 23.5. The highest BCUT2D eigenvalue weighted by Crippen LogP contribution is 2.24. The van der Waals surface area contributed by atoms with E-state index in [1.165, 1.54) is 45.3 Å². The number of furan rings is 1. The first-order valence-electron chi connectivity index (χ1n) is 10.2. The number of hydrogen-bond acceptors (Lipinski definition) is 4. The molecule has 0 bridgehead atoms. The summed E-state index contributed by atoms with van der Waals surface area (Å²) in [5.74, 6) is 2.66. The van der Waals surface area contributed by atoms with Crippen LogP contribution in [-0.4, -0.2) is 68.6 Å². The van der Waals surface area contributed by atoms with Gasteiger partial charge in [-0.3, -0.25) is 9.89 Å². The molecule has 26 heavy (non-hydrogen) atoms. The summed E-state index contributed by atoms with van der Waals surface area (Å²) in [6.07, 6.45) is 6.86. The first-order valence-corrected chi connectivity index (χ1v) is 10.2. The molecule has 1 aromatic heterocycles. The van der Waals surface area contributed by atoms with Gasteiger partial charge in [-0.1, -0.05) is 6.92 Å². The van der Waals surface area contributed by atoms with Crippen molar-refractivity contribution < 1.29 is 4.42 Å². The lowest BCUT2D eigenvalue weighted by Gasteiger charge is -2.27. The maximum atomic E-state index is 5.70. The minimum Gasteiger partial charge on any atom is -0.468 e. The van der Waals surface area contributed by atoms with Crippen molar-refractivity contribution in [3.8, 4) is 0 Å². The summed E-state index contributed by atoms with van der Waals surface area (Å²) in [4.78, 5) is 9.50. The van der Waals surface area contributed by atoms with Crippen LogP contribution in [-0.2, 0) is 0 Å². The lowest BCUT2D eigenvalue weighted by molar-refractivity contribution is 0.215. The second kappa shape index (κ2) is 9.97. The summed E-state index contributed by atoms with van der Waals surface area (Å²) in [7, 11) is 1.85. The molecule has 2 aliphatic rings. The van der Waals surface area contributed by atoms with Gasteiger partial charge >= 0.3 is 0 Å². The largest absolute Gasteiger partial charge is 0.468 e. The van der Waals surface area contributed by atoms with Crippen LogP contribution >= 0.6 is 0 Å². The highest BCUT2D eigenvalue weighted by molar-refractivity contribution is 5.79. The van der Waals surface area contributed by atoms with Gasteiger partial charge in [0.25, 0.3) is 0 Å². The van der Waals surface area contributed by atoms with Crippen LogP contribution < -0.4 is 10.6 Å². The molecule has 2 unspecified atom stereocenters. The number of nitrogens with one attached hydrogen (secondary N) is 2. The quantitative estimate of drug-likeness (QED) is 0.550. The monoisotopic (exact) mass is 361 g/mol. The molecular weight excluding hydrogens is 326 g/mol. The molecule has 2 N–H and O–H groups in total. The third-order valence-electron chi connectivity index (χ3n) is 5.61. The van der Waals surface area contributed by atoms with Crippen molar-refractivity contribution in [2.24, 2.45) is 10.9 Å². The van der Waals surface area contributed by atoms with E-state index >= 15 is 0 Å². The van der Waals surface area contributed by atoms with Crippen LogP contribution in [0.25, 0.3) is 0 Å². The van der Waals surface area contributed by atoms with Crippen LogP contribution in [0, 0.1) is 5.92 Å². The molecule has 6 nitrogen and oxygen atoms in total. The lowest BCUT2D eigenvalue weighted by atomic mass is 10.1. The Labute approximate surface area is 158 Å². The van der Waals surface area contributed by atoms with E-state index in [9.17, 15) is 0 Å². The Morgan fingerprint density at radius 3 is 2.85 bits per heavy atom. The molecule has 0 spiro atoms. The van der Waals surface area contributed by atoms with Crippen LogP contribution in [0.5, 0.6) is 0 Å². The molecule has 3 rings (SSSR count). The molecule has 3 heterocycles.